The smallest absolute Gasteiger partial charge is 0.303 e. The zero-order valence-electron chi connectivity index (χ0n) is 12.3. The predicted molar refractivity (Wildman–Crippen MR) is 76.3 cm³/mol. The third-order valence-corrected chi connectivity index (χ3v) is 4.73. The van der Waals surface area contributed by atoms with Crippen molar-refractivity contribution in [2.24, 2.45) is 0 Å². The molecule has 2 fully saturated rings. The molecule has 2 aliphatic rings. The average molecular weight is 268 g/mol. The van der Waals surface area contributed by atoms with E-state index < -0.39 is 5.97 Å². The molecule has 0 aliphatic carbocycles. The van der Waals surface area contributed by atoms with Gasteiger partial charge in [-0.1, -0.05) is 0 Å². The zero-order chi connectivity index (χ0) is 13.8. The number of rotatable bonds is 6. The summed E-state index contributed by atoms with van der Waals surface area (Å²) in [5.74, 6) is -0.672. The number of hydrogen-bond donors (Lipinski definition) is 1. The molecule has 4 nitrogen and oxygen atoms in total. The van der Waals surface area contributed by atoms with E-state index in [2.05, 4.69) is 23.6 Å². The normalized spacial score (nSPS) is 28.0. The van der Waals surface area contributed by atoms with Crippen LogP contribution in [0.25, 0.3) is 0 Å². The summed E-state index contributed by atoms with van der Waals surface area (Å²) >= 11 is 0. The maximum absolute atomic E-state index is 10.7. The molecule has 2 saturated heterocycles. The van der Waals surface area contributed by atoms with Gasteiger partial charge in [-0.25, -0.2) is 0 Å². The number of nitrogens with zero attached hydrogens (tertiary/aromatic N) is 2. The highest BCUT2D eigenvalue weighted by Crippen LogP contribution is 2.30. The first-order chi connectivity index (χ1) is 9.08. The molecule has 0 aromatic heterocycles. The maximum atomic E-state index is 10.7. The van der Waals surface area contributed by atoms with E-state index in [0.717, 1.165) is 19.0 Å². The molecule has 110 valence electrons. The van der Waals surface area contributed by atoms with Crippen LogP contribution in [0.4, 0.5) is 0 Å². The van der Waals surface area contributed by atoms with E-state index >= 15 is 0 Å². The van der Waals surface area contributed by atoms with Crippen molar-refractivity contribution in [2.75, 3.05) is 19.6 Å². The number of piperidine rings is 1. The van der Waals surface area contributed by atoms with Gasteiger partial charge in [0, 0.05) is 24.5 Å². The summed E-state index contributed by atoms with van der Waals surface area (Å²) < 4.78 is 0. The molecule has 2 aliphatic heterocycles. The maximum Gasteiger partial charge on any atom is 0.303 e. The van der Waals surface area contributed by atoms with Crippen molar-refractivity contribution in [1.82, 2.24) is 9.80 Å². The number of hydrogen-bond acceptors (Lipinski definition) is 3. The first-order valence-corrected chi connectivity index (χ1v) is 7.79. The lowest BCUT2D eigenvalue weighted by Crippen LogP contribution is -2.50. The Morgan fingerprint density at radius 3 is 2.84 bits per heavy atom. The summed E-state index contributed by atoms with van der Waals surface area (Å²) in [5, 5.41) is 8.77. The topological polar surface area (TPSA) is 43.8 Å². The van der Waals surface area contributed by atoms with Crippen LogP contribution in [-0.2, 0) is 4.79 Å². The standard InChI is InChI=1S/C15H28N2O2/c1-12(2)17(9-4-6-15(18)19)14-7-10-16-8-3-5-13(16)11-14/h12-14H,3-11H2,1-2H3,(H,18,19). The summed E-state index contributed by atoms with van der Waals surface area (Å²) in [6.45, 7) is 7.93. The fraction of sp³-hybridized carbons (Fsp3) is 0.933. The third kappa shape index (κ3) is 3.93. The molecule has 4 heteroatoms. The molecule has 0 radical (unpaired) electrons. The Balaban J connectivity index is 1.86. The second kappa shape index (κ2) is 6.71. The van der Waals surface area contributed by atoms with Crippen LogP contribution in [0.1, 0.15) is 52.4 Å². The molecule has 0 bridgehead atoms. The van der Waals surface area contributed by atoms with Crippen molar-refractivity contribution >= 4 is 5.97 Å². The van der Waals surface area contributed by atoms with Crippen molar-refractivity contribution in [3.8, 4) is 0 Å². The van der Waals surface area contributed by atoms with Gasteiger partial charge in [0.05, 0.1) is 0 Å². The van der Waals surface area contributed by atoms with Gasteiger partial charge in [-0.2, -0.15) is 0 Å². The molecule has 2 rings (SSSR count). The summed E-state index contributed by atoms with van der Waals surface area (Å²) in [6, 6.07) is 1.97. The van der Waals surface area contributed by atoms with Gasteiger partial charge in [-0.15, -0.1) is 0 Å². The van der Waals surface area contributed by atoms with E-state index in [9.17, 15) is 4.79 Å². The van der Waals surface area contributed by atoms with Crippen LogP contribution in [-0.4, -0.2) is 58.6 Å². The summed E-state index contributed by atoms with van der Waals surface area (Å²) in [4.78, 5) is 15.8. The fourth-order valence-corrected chi connectivity index (χ4v) is 3.78. The highest BCUT2D eigenvalue weighted by Gasteiger charge is 2.34. The molecule has 1 N–H and O–H groups in total. The lowest BCUT2D eigenvalue weighted by atomic mass is 9.95. The van der Waals surface area contributed by atoms with Crippen molar-refractivity contribution in [3.05, 3.63) is 0 Å². The Bertz CT molecular complexity index is 307. The molecule has 0 aromatic rings. The van der Waals surface area contributed by atoms with E-state index in [4.69, 9.17) is 5.11 Å². The molecule has 0 aromatic carbocycles. The monoisotopic (exact) mass is 268 g/mol. The lowest BCUT2D eigenvalue weighted by molar-refractivity contribution is -0.137. The summed E-state index contributed by atoms with van der Waals surface area (Å²) in [7, 11) is 0. The van der Waals surface area contributed by atoms with E-state index in [-0.39, 0.29) is 0 Å². The van der Waals surface area contributed by atoms with Gasteiger partial charge < -0.3 is 10.0 Å². The van der Waals surface area contributed by atoms with Gasteiger partial charge in [0.1, 0.15) is 0 Å². The van der Waals surface area contributed by atoms with Gasteiger partial charge in [0.2, 0.25) is 0 Å². The Kier molecular flexibility index (Phi) is 5.22. The molecular formula is C15H28N2O2. The first kappa shape index (κ1) is 14.8. The van der Waals surface area contributed by atoms with Crippen molar-refractivity contribution in [2.45, 2.75) is 70.5 Å². The quantitative estimate of drug-likeness (QED) is 0.802. The second-order valence-electron chi connectivity index (χ2n) is 6.34. The van der Waals surface area contributed by atoms with Gasteiger partial charge in [-0.05, 0) is 65.6 Å². The van der Waals surface area contributed by atoms with Crippen LogP contribution in [0, 0.1) is 0 Å². The Labute approximate surface area is 116 Å². The molecule has 0 amide bonds. The molecule has 19 heavy (non-hydrogen) atoms. The van der Waals surface area contributed by atoms with Gasteiger partial charge in [-0.3, -0.25) is 9.69 Å². The van der Waals surface area contributed by atoms with Gasteiger partial charge in [0.25, 0.3) is 0 Å². The number of carboxylic acids is 1. The van der Waals surface area contributed by atoms with Gasteiger partial charge >= 0.3 is 5.97 Å². The number of carbonyl (C=O) groups is 1. The predicted octanol–water partition coefficient (Wildman–Crippen LogP) is 2.19. The molecule has 2 unspecified atom stereocenters. The number of aliphatic carboxylic acids is 1. The van der Waals surface area contributed by atoms with Crippen LogP contribution >= 0.6 is 0 Å². The van der Waals surface area contributed by atoms with Crippen LogP contribution in [0.3, 0.4) is 0 Å². The molecule has 0 saturated carbocycles. The Morgan fingerprint density at radius 1 is 1.37 bits per heavy atom. The SMILES string of the molecule is CC(C)N(CCCC(=O)O)C1CCN2CCCC2C1. The largest absolute Gasteiger partial charge is 0.481 e. The minimum absolute atomic E-state index is 0.297. The van der Waals surface area contributed by atoms with Crippen LogP contribution in [0.2, 0.25) is 0 Å². The van der Waals surface area contributed by atoms with Crippen molar-refractivity contribution in [1.29, 1.82) is 0 Å². The zero-order valence-corrected chi connectivity index (χ0v) is 12.3. The van der Waals surface area contributed by atoms with E-state index in [1.165, 1.54) is 38.8 Å². The van der Waals surface area contributed by atoms with Crippen molar-refractivity contribution in [3.63, 3.8) is 0 Å². The highest BCUT2D eigenvalue weighted by molar-refractivity contribution is 5.66. The van der Waals surface area contributed by atoms with E-state index in [1.54, 1.807) is 0 Å². The molecular weight excluding hydrogens is 240 g/mol. The minimum Gasteiger partial charge on any atom is -0.481 e. The fourth-order valence-electron chi connectivity index (χ4n) is 3.78. The lowest BCUT2D eigenvalue weighted by Gasteiger charge is -2.42. The van der Waals surface area contributed by atoms with Crippen molar-refractivity contribution < 1.29 is 9.90 Å². The van der Waals surface area contributed by atoms with E-state index in [0.29, 0.717) is 18.5 Å². The Hall–Kier alpha value is -0.610. The molecule has 2 atom stereocenters. The average Bonchev–Trinajstić information content (AvgIpc) is 2.80. The number of fused-ring (bicyclic) bond motifs is 1. The summed E-state index contributed by atoms with van der Waals surface area (Å²) in [6.07, 6.45) is 6.33. The highest BCUT2D eigenvalue weighted by atomic mass is 16.4. The van der Waals surface area contributed by atoms with E-state index in [1.807, 2.05) is 0 Å². The minimum atomic E-state index is -0.672. The number of carboxylic acid groups (broad SMARTS) is 1. The van der Waals surface area contributed by atoms with Gasteiger partial charge in [0.15, 0.2) is 0 Å². The second-order valence-corrected chi connectivity index (χ2v) is 6.34. The van der Waals surface area contributed by atoms with Crippen LogP contribution < -0.4 is 0 Å². The van der Waals surface area contributed by atoms with Crippen LogP contribution in [0.5, 0.6) is 0 Å². The molecule has 0 spiro atoms. The Morgan fingerprint density at radius 2 is 2.16 bits per heavy atom. The van der Waals surface area contributed by atoms with Crippen LogP contribution in [0.15, 0.2) is 0 Å². The summed E-state index contributed by atoms with van der Waals surface area (Å²) in [5.41, 5.74) is 0. The first-order valence-electron chi connectivity index (χ1n) is 7.79. The molecule has 2 heterocycles. The third-order valence-electron chi connectivity index (χ3n) is 4.73.